The predicted molar refractivity (Wildman–Crippen MR) is 103 cm³/mol. The van der Waals surface area contributed by atoms with Gasteiger partial charge in [0.25, 0.3) is 0 Å². The van der Waals surface area contributed by atoms with Crippen molar-refractivity contribution in [1.82, 2.24) is 10.6 Å². The third-order valence-electron chi connectivity index (χ3n) is 3.21. The van der Waals surface area contributed by atoms with Crippen LogP contribution in [-0.4, -0.2) is 13.0 Å². The number of rotatable bonds is 4. The van der Waals surface area contributed by atoms with Crippen molar-refractivity contribution in [3.63, 3.8) is 0 Å². The second-order valence-corrected chi connectivity index (χ2v) is 5.62. The summed E-state index contributed by atoms with van der Waals surface area (Å²) in [5, 5.41) is 10.9. The third-order valence-corrected chi connectivity index (χ3v) is 3.94. The van der Waals surface area contributed by atoms with Crippen molar-refractivity contribution < 1.29 is 0 Å². The van der Waals surface area contributed by atoms with Crippen molar-refractivity contribution in [2.45, 2.75) is 26.9 Å². The Morgan fingerprint density at radius 3 is 2.52 bits per heavy atom. The van der Waals surface area contributed by atoms with Gasteiger partial charge in [0, 0.05) is 20.1 Å². The van der Waals surface area contributed by atoms with Crippen LogP contribution in [0.5, 0.6) is 0 Å². The van der Waals surface area contributed by atoms with E-state index in [4.69, 9.17) is 0 Å². The number of nitrogens with zero attached hydrogens (tertiary/aromatic N) is 1. The van der Waals surface area contributed by atoms with Crippen LogP contribution >= 0.6 is 35.3 Å². The van der Waals surface area contributed by atoms with Crippen LogP contribution in [0, 0.1) is 13.8 Å². The van der Waals surface area contributed by atoms with Crippen molar-refractivity contribution in [2.75, 3.05) is 7.05 Å². The number of thiophene rings is 1. The summed E-state index contributed by atoms with van der Waals surface area (Å²) < 4.78 is 0. The van der Waals surface area contributed by atoms with Crippen LogP contribution < -0.4 is 10.6 Å². The number of nitrogens with one attached hydrogen (secondary N) is 2. The smallest absolute Gasteiger partial charge is 0.191 e. The van der Waals surface area contributed by atoms with E-state index in [0.717, 1.165) is 19.0 Å². The highest BCUT2D eigenvalue weighted by Gasteiger charge is 2.01. The molecule has 5 heteroatoms. The standard InChI is InChI=1S/C16H21N3S.HI/c1-12-4-5-15(13(2)8-12)10-19-16(17-3)18-9-14-6-7-20-11-14;/h4-8,11H,9-10H2,1-3H3,(H2,17,18,19);1H. The maximum Gasteiger partial charge on any atom is 0.191 e. The van der Waals surface area contributed by atoms with Gasteiger partial charge in [-0.15, -0.1) is 24.0 Å². The summed E-state index contributed by atoms with van der Waals surface area (Å²) in [6.07, 6.45) is 0. The van der Waals surface area contributed by atoms with Crippen LogP contribution in [0.1, 0.15) is 22.3 Å². The molecule has 0 aliphatic carbocycles. The van der Waals surface area contributed by atoms with Gasteiger partial charge >= 0.3 is 0 Å². The molecule has 114 valence electrons. The Morgan fingerprint density at radius 1 is 1.14 bits per heavy atom. The first-order valence-electron chi connectivity index (χ1n) is 6.71. The van der Waals surface area contributed by atoms with E-state index in [9.17, 15) is 0 Å². The molecule has 0 fully saturated rings. The summed E-state index contributed by atoms with van der Waals surface area (Å²) in [4.78, 5) is 4.25. The largest absolute Gasteiger partial charge is 0.352 e. The first-order chi connectivity index (χ1) is 9.69. The van der Waals surface area contributed by atoms with E-state index in [-0.39, 0.29) is 24.0 Å². The van der Waals surface area contributed by atoms with Crippen LogP contribution in [0.25, 0.3) is 0 Å². The molecule has 0 aliphatic heterocycles. The molecule has 1 aromatic heterocycles. The number of aliphatic imine (C=N–C) groups is 1. The van der Waals surface area contributed by atoms with E-state index in [0.29, 0.717) is 0 Å². The van der Waals surface area contributed by atoms with E-state index in [2.05, 4.69) is 64.5 Å². The fourth-order valence-corrected chi connectivity index (χ4v) is 2.69. The molecule has 1 aromatic carbocycles. The van der Waals surface area contributed by atoms with Gasteiger partial charge < -0.3 is 10.6 Å². The molecule has 21 heavy (non-hydrogen) atoms. The highest BCUT2D eigenvalue weighted by Crippen LogP contribution is 2.10. The first kappa shape index (κ1) is 18.0. The summed E-state index contributed by atoms with van der Waals surface area (Å²) in [7, 11) is 1.80. The summed E-state index contributed by atoms with van der Waals surface area (Å²) in [5.74, 6) is 0.830. The number of hydrogen-bond donors (Lipinski definition) is 2. The van der Waals surface area contributed by atoms with Gasteiger partial charge in [-0.05, 0) is 47.4 Å². The van der Waals surface area contributed by atoms with Crippen molar-refractivity contribution in [3.05, 3.63) is 57.3 Å². The Labute approximate surface area is 147 Å². The molecule has 2 N–H and O–H groups in total. The molecule has 0 unspecified atom stereocenters. The van der Waals surface area contributed by atoms with Crippen LogP contribution in [0.4, 0.5) is 0 Å². The molecule has 0 amide bonds. The zero-order chi connectivity index (χ0) is 14.4. The Morgan fingerprint density at radius 2 is 1.90 bits per heavy atom. The lowest BCUT2D eigenvalue weighted by molar-refractivity contribution is 0.807. The zero-order valence-electron chi connectivity index (χ0n) is 12.6. The van der Waals surface area contributed by atoms with E-state index in [1.165, 1.54) is 22.3 Å². The molecule has 0 aliphatic rings. The van der Waals surface area contributed by atoms with Crippen molar-refractivity contribution in [1.29, 1.82) is 0 Å². The quantitative estimate of drug-likeness (QED) is 0.452. The molecular formula is C16H22IN3S. The summed E-state index contributed by atoms with van der Waals surface area (Å²) in [6.45, 7) is 5.85. The SMILES string of the molecule is CN=C(NCc1ccsc1)NCc1ccc(C)cc1C.I. The normalized spacial score (nSPS) is 10.9. The van der Waals surface area contributed by atoms with Gasteiger partial charge in [-0.3, -0.25) is 4.99 Å². The molecular weight excluding hydrogens is 393 g/mol. The van der Waals surface area contributed by atoms with Crippen molar-refractivity contribution in [2.24, 2.45) is 4.99 Å². The second-order valence-electron chi connectivity index (χ2n) is 4.84. The van der Waals surface area contributed by atoms with Gasteiger partial charge in [-0.2, -0.15) is 11.3 Å². The van der Waals surface area contributed by atoms with E-state index >= 15 is 0 Å². The molecule has 1 heterocycles. The predicted octanol–water partition coefficient (Wildman–Crippen LogP) is 3.85. The highest BCUT2D eigenvalue weighted by atomic mass is 127. The minimum absolute atomic E-state index is 0. The van der Waals surface area contributed by atoms with Gasteiger partial charge in [0.1, 0.15) is 0 Å². The molecule has 2 rings (SSSR count). The maximum atomic E-state index is 4.25. The fraction of sp³-hybridized carbons (Fsp3) is 0.312. The third kappa shape index (κ3) is 5.67. The fourth-order valence-electron chi connectivity index (χ4n) is 2.02. The minimum Gasteiger partial charge on any atom is -0.352 e. The second kappa shape index (κ2) is 9.04. The monoisotopic (exact) mass is 415 g/mol. The molecule has 2 aromatic rings. The minimum atomic E-state index is 0. The van der Waals surface area contributed by atoms with E-state index in [1.807, 2.05) is 0 Å². The summed E-state index contributed by atoms with van der Waals surface area (Å²) in [6, 6.07) is 8.64. The Bertz CT molecular complexity index is 579. The molecule has 0 bridgehead atoms. The van der Waals surface area contributed by atoms with Gasteiger partial charge in [-0.1, -0.05) is 23.8 Å². The molecule has 0 saturated carbocycles. The molecule has 0 saturated heterocycles. The molecule has 0 radical (unpaired) electrons. The molecule has 3 nitrogen and oxygen atoms in total. The highest BCUT2D eigenvalue weighted by molar-refractivity contribution is 14.0. The van der Waals surface area contributed by atoms with E-state index in [1.54, 1.807) is 18.4 Å². The zero-order valence-corrected chi connectivity index (χ0v) is 15.8. The lowest BCUT2D eigenvalue weighted by Crippen LogP contribution is -2.36. The molecule has 0 spiro atoms. The number of hydrogen-bond acceptors (Lipinski definition) is 2. The number of halogens is 1. The van der Waals surface area contributed by atoms with Crippen molar-refractivity contribution >= 4 is 41.3 Å². The van der Waals surface area contributed by atoms with Gasteiger partial charge in [0.05, 0.1) is 0 Å². The topological polar surface area (TPSA) is 36.4 Å². The average Bonchev–Trinajstić information content (AvgIpc) is 2.94. The average molecular weight is 415 g/mol. The van der Waals surface area contributed by atoms with Gasteiger partial charge in [0.15, 0.2) is 5.96 Å². The lowest BCUT2D eigenvalue weighted by Gasteiger charge is -2.13. The van der Waals surface area contributed by atoms with Gasteiger partial charge in [0.2, 0.25) is 0 Å². The van der Waals surface area contributed by atoms with E-state index < -0.39 is 0 Å². The maximum absolute atomic E-state index is 4.25. The van der Waals surface area contributed by atoms with Crippen LogP contribution in [0.3, 0.4) is 0 Å². The van der Waals surface area contributed by atoms with Crippen molar-refractivity contribution in [3.8, 4) is 0 Å². The summed E-state index contributed by atoms with van der Waals surface area (Å²) >= 11 is 1.71. The van der Waals surface area contributed by atoms with Crippen LogP contribution in [0.2, 0.25) is 0 Å². The number of aryl methyl sites for hydroxylation is 2. The van der Waals surface area contributed by atoms with Crippen LogP contribution in [-0.2, 0) is 13.1 Å². The summed E-state index contributed by atoms with van der Waals surface area (Å²) in [5.41, 5.74) is 5.19. The first-order valence-corrected chi connectivity index (χ1v) is 7.65. The number of benzene rings is 1. The Hall–Kier alpha value is -1.08. The van der Waals surface area contributed by atoms with Gasteiger partial charge in [-0.25, -0.2) is 0 Å². The van der Waals surface area contributed by atoms with Crippen LogP contribution in [0.15, 0.2) is 40.0 Å². The lowest BCUT2D eigenvalue weighted by atomic mass is 10.1. The Balaban J connectivity index is 0.00000220. The molecule has 0 atom stereocenters. The number of guanidine groups is 1. The Kier molecular flexibility index (Phi) is 7.74.